The fraction of sp³-hybridized carbons (Fsp3) is 0.588. The lowest BCUT2D eigenvalue weighted by atomic mass is 10.0. The number of carbonyl (C=O) groups excluding carboxylic acids is 1. The molecule has 1 N–H and O–H groups in total. The molecule has 4 unspecified atom stereocenters. The van der Waals surface area contributed by atoms with E-state index in [-0.39, 0.29) is 36.2 Å². The van der Waals surface area contributed by atoms with E-state index in [0.717, 1.165) is 18.6 Å². The number of ether oxygens (including phenoxy) is 1. The van der Waals surface area contributed by atoms with Gasteiger partial charge in [-0.2, -0.15) is 0 Å². The van der Waals surface area contributed by atoms with Crippen molar-refractivity contribution in [2.75, 3.05) is 6.61 Å². The highest BCUT2D eigenvalue weighted by molar-refractivity contribution is 5.85. The summed E-state index contributed by atoms with van der Waals surface area (Å²) in [5.74, 6) is 0.493. The minimum atomic E-state index is -0.108. The van der Waals surface area contributed by atoms with Gasteiger partial charge in [0.1, 0.15) is 6.17 Å². The predicted molar refractivity (Wildman–Crippen MR) is 81.6 cm³/mol. The highest BCUT2D eigenvalue weighted by Crippen LogP contribution is 2.34. The Balaban J connectivity index is 1.94. The fourth-order valence-corrected chi connectivity index (χ4v) is 3.42. The lowest BCUT2D eigenvalue weighted by molar-refractivity contribution is -0.134. The third-order valence-electron chi connectivity index (χ3n) is 4.61. The van der Waals surface area contributed by atoms with Gasteiger partial charge in [0.2, 0.25) is 5.91 Å². The van der Waals surface area contributed by atoms with Gasteiger partial charge in [-0.3, -0.25) is 10.1 Å². The Kier molecular flexibility index (Phi) is 4.00. The first-order chi connectivity index (χ1) is 10.1. The van der Waals surface area contributed by atoms with Gasteiger partial charge in [0.15, 0.2) is 0 Å². The van der Waals surface area contributed by atoms with Crippen LogP contribution in [-0.2, 0) is 9.53 Å². The maximum Gasteiger partial charge on any atom is 0.241 e. The van der Waals surface area contributed by atoms with Gasteiger partial charge in [0.25, 0.3) is 0 Å². The minimum Gasteiger partial charge on any atom is -0.376 e. The molecule has 4 heteroatoms. The average molecular weight is 288 g/mol. The SMILES string of the molecule is CC(C)C1NC(c2ccccc2)N(C2CCOC2C)C1=O. The quantitative estimate of drug-likeness (QED) is 0.928. The molecular formula is C17H24N2O2. The number of rotatable bonds is 3. The Morgan fingerprint density at radius 3 is 2.57 bits per heavy atom. The van der Waals surface area contributed by atoms with Gasteiger partial charge < -0.3 is 9.64 Å². The van der Waals surface area contributed by atoms with Crippen LogP contribution < -0.4 is 5.32 Å². The number of nitrogens with one attached hydrogen (secondary N) is 1. The summed E-state index contributed by atoms with van der Waals surface area (Å²) >= 11 is 0. The maximum atomic E-state index is 12.9. The Morgan fingerprint density at radius 1 is 1.29 bits per heavy atom. The van der Waals surface area contributed by atoms with Gasteiger partial charge in [-0.1, -0.05) is 44.2 Å². The van der Waals surface area contributed by atoms with Crippen molar-refractivity contribution in [1.82, 2.24) is 10.2 Å². The number of nitrogens with zero attached hydrogens (tertiary/aromatic N) is 1. The molecule has 0 aromatic heterocycles. The van der Waals surface area contributed by atoms with Crippen molar-refractivity contribution in [1.29, 1.82) is 0 Å². The summed E-state index contributed by atoms with van der Waals surface area (Å²) in [5, 5.41) is 3.52. The molecule has 2 aliphatic rings. The van der Waals surface area contributed by atoms with E-state index in [1.807, 2.05) is 23.1 Å². The van der Waals surface area contributed by atoms with E-state index in [1.54, 1.807) is 0 Å². The Hall–Kier alpha value is -1.39. The van der Waals surface area contributed by atoms with Crippen LogP contribution in [0, 0.1) is 5.92 Å². The molecule has 1 aromatic carbocycles. The molecule has 21 heavy (non-hydrogen) atoms. The summed E-state index contributed by atoms with van der Waals surface area (Å²) in [6, 6.07) is 10.3. The Bertz CT molecular complexity index is 503. The van der Waals surface area contributed by atoms with Crippen LogP contribution >= 0.6 is 0 Å². The number of benzene rings is 1. The second-order valence-corrected chi connectivity index (χ2v) is 6.38. The van der Waals surface area contributed by atoms with Crippen LogP contribution in [0.25, 0.3) is 0 Å². The third-order valence-corrected chi connectivity index (χ3v) is 4.61. The molecule has 0 bridgehead atoms. The molecule has 2 fully saturated rings. The van der Waals surface area contributed by atoms with E-state index in [4.69, 9.17) is 4.74 Å². The van der Waals surface area contributed by atoms with Crippen molar-refractivity contribution >= 4 is 5.91 Å². The summed E-state index contributed by atoms with van der Waals surface area (Å²) in [5.41, 5.74) is 1.15. The van der Waals surface area contributed by atoms with Crippen LogP contribution in [0.3, 0.4) is 0 Å². The second-order valence-electron chi connectivity index (χ2n) is 6.38. The van der Waals surface area contributed by atoms with Gasteiger partial charge in [0.05, 0.1) is 18.2 Å². The first-order valence-corrected chi connectivity index (χ1v) is 7.84. The van der Waals surface area contributed by atoms with Crippen molar-refractivity contribution in [3.8, 4) is 0 Å². The molecule has 2 heterocycles. The summed E-state index contributed by atoms with van der Waals surface area (Å²) < 4.78 is 5.68. The molecule has 3 rings (SSSR count). The first-order valence-electron chi connectivity index (χ1n) is 7.84. The highest BCUT2D eigenvalue weighted by Gasteiger charge is 2.46. The van der Waals surface area contributed by atoms with Gasteiger partial charge >= 0.3 is 0 Å². The fourth-order valence-electron chi connectivity index (χ4n) is 3.42. The lowest BCUT2D eigenvalue weighted by Crippen LogP contribution is -2.44. The Morgan fingerprint density at radius 2 is 2.00 bits per heavy atom. The van der Waals surface area contributed by atoms with Crippen LogP contribution in [0.1, 0.15) is 38.9 Å². The van der Waals surface area contributed by atoms with Crippen molar-refractivity contribution in [2.24, 2.45) is 5.92 Å². The molecule has 1 aromatic rings. The zero-order valence-electron chi connectivity index (χ0n) is 13.0. The topological polar surface area (TPSA) is 41.6 Å². The van der Waals surface area contributed by atoms with Gasteiger partial charge in [-0.15, -0.1) is 0 Å². The number of amides is 1. The van der Waals surface area contributed by atoms with Crippen LogP contribution in [0.2, 0.25) is 0 Å². The van der Waals surface area contributed by atoms with E-state index in [0.29, 0.717) is 0 Å². The minimum absolute atomic E-state index is 0.0414. The monoisotopic (exact) mass is 288 g/mol. The van der Waals surface area contributed by atoms with Crippen molar-refractivity contribution in [3.05, 3.63) is 35.9 Å². The predicted octanol–water partition coefficient (Wildman–Crippen LogP) is 2.32. The van der Waals surface area contributed by atoms with Crippen LogP contribution in [-0.4, -0.2) is 35.6 Å². The van der Waals surface area contributed by atoms with E-state index >= 15 is 0 Å². The van der Waals surface area contributed by atoms with Crippen molar-refractivity contribution in [2.45, 2.75) is 51.5 Å². The molecule has 0 spiro atoms. The van der Waals surface area contributed by atoms with Crippen molar-refractivity contribution < 1.29 is 9.53 Å². The molecule has 4 nitrogen and oxygen atoms in total. The van der Waals surface area contributed by atoms with Crippen LogP contribution in [0.15, 0.2) is 30.3 Å². The number of hydrogen-bond acceptors (Lipinski definition) is 3. The second kappa shape index (κ2) is 5.78. The van der Waals surface area contributed by atoms with E-state index in [9.17, 15) is 4.79 Å². The zero-order valence-corrected chi connectivity index (χ0v) is 13.0. The number of carbonyl (C=O) groups is 1. The standard InChI is InChI=1S/C17H24N2O2/c1-11(2)15-17(20)19(14-9-10-21-12(14)3)16(18-15)13-7-5-4-6-8-13/h4-8,11-12,14-16,18H,9-10H2,1-3H3. The van der Waals surface area contributed by atoms with Crippen LogP contribution in [0.5, 0.6) is 0 Å². The number of hydrogen-bond donors (Lipinski definition) is 1. The average Bonchev–Trinajstić information content (AvgIpc) is 3.03. The lowest BCUT2D eigenvalue weighted by Gasteiger charge is -2.32. The van der Waals surface area contributed by atoms with E-state index in [2.05, 4.69) is 38.2 Å². The molecule has 4 atom stereocenters. The van der Waals surface area contributed by atoms with Gasteiger partial charge in [-0.25, -0.2) is 0 Å². The first kappa shape index (κ1) is 14.5. The van der Waals surface area contributed by atoms with Gasteiger partial charge in [0, 0.05) is 6.61 Å². The summed E-state index contributed by atoms with van der Waals surface area (Å²) in [6.07, 6.45) is 0.982. The largest absolute Gasteiger partial charge is 0.376 e. The maximum absolute atomic E-state index is 12.9. The normalized spacial score (nSPS) is 33.1. The van der Waals surface area contributed by atoms with Crippen molar-refractivity contribution in [3.63, 3.8) is 0 Å². The van der Waals surface area contributed by atoms with Gasteiger partial charge in [-0.05, 0) is 24.8 Å². The molecule has 0 radical (unpaired) electrons. The van der Waals surface area contributed by atoms with E-state index < -0.39 is 0 Å². The van der Waals surface area contributed by atoms with Crippen LogP contribution in [0.4, 0.5) is 0 Å². The highest BCUT2D eigenvalue weighted by atomic mass is 16.5. The molecule has 2 aliphatic heterocycles. The van der Waals surface area contributed by atoms with E-state index in [1.165, 1.54) is 0 Å². The zero-order chi connectivity index (χ0) is 15.0. The summed E-state index contributed by atoms with van der Waals surface area (Å²) in [4.78, 5) is 14.9. The summed E-state index contributed by atoms with van der Waals surface area (Å²) in [6.45, 7) is 6.99. The Labute approximate surface area is 126 Å². The summed E-state index contributed by atoms with van der Waals surface area (Å²) in [7, 11) is 0. The molecule has 1 amide bonds. The molecule has 0 saturated carbocycles. The molecular weight excluding hydrogens is 264 g/mol. The molecule has 114 valence electrons. The molecule has 0 aliphatic carbocycles. The molecule has 2 saturated heterocycles. The smallest absolute Gasteiger partial charge is 0.241 e. The third kappa shape index (κ3) is 2.58.